The molecular weight excluding hydrogens is 977 g/mol. The van der Waals surface area contributed by atoms with Crippen molar-refractivity contribution in [2.75, 3.05) is 4.90 Å². The van der Waals surface area contributed by atoms with E-state index >= 15 is 0 Å². The first-order valence-electron chi connectivity index (χ1n) is 28.7. The summed E-state index contributed by atoms with van der Waals surface area (Å²) < 4.78 is 2.56. The number of hydrogen-bond acceptors (Lipinski definition) is 1. The highest BCUT2D eigenvalue weighted by atomic mass is 15.2. The highest BCUT2D eigenvalue weighted by molar-refractivity contribution is 6.13. The molecule has 13 aromatic rings. The van der Waals surface area contributed by atoms with Crippen LogP contribution in [0.3, 0.4) is 0 Å². The van der Waals surface area contributed by atoms with Crippen LogP contribution >= 0.6 is 0 Å². The summed E-state index contributed by atoms with van der Waals surface area (Å²) in [5.41, 5.74) is 32.1. The minimum Gasteiger partial charge on any atom is -0.310 e. The summed E-state index contributed by atoms with van der Waals surface area (Å²) in [6.07, 6.45) is 0. The average molecular weight is 1030 g/mol. The SMILES string of the molecule is CC1(C)c2ccccc2-c2ccc(N3c4ccccc4C(C)(C)c4cc(-c5ccc6c(c5)C5(c7ccccc7-c7ccccc75)c5cccc(-n7c8ccc(-c9ccccc9)cc8c8cc(-c9ccccc9)ccc87)c5-6)ccc43)cc21. The lowest BCUT2D eigenvalue weighted by molar-refractivity contribution is 0.631. The van der Waals surface area contributed by atoms with Crippen molar-refractivity contribution in [2.24, 2.45) is 0 Å². The number of rotatable bonds is 5. The van der Waals surface area contributed by atoms with E-state index in [4.69, 9.17) is 0 Å². The second-order valence-corrected chi connectivity index (χ2v) is 23.9. The molecule has 2 nitrogen and oxygen atoms in total. The van der Waals surface area contributed by atoms with E-state index in [0.717, 1.165) is 0 Å². The molecule has 2 heterocycles. The van der Waals surface area contributed by atoms with E-state index in [9.17, 15) is 0 Å². The zero-order chi connectivity index (χ0) is 53.9. The molecule has 4 aliphatic rings. The fraction of sp³-hybridized carbons (Fsp3) is 0.0886. The molecule has 1 spiro atoms. The van der Waals surface area contributed by atoms with Crippen LogP contribution in [0.5, 0.6) is 0 Å². The Hall–Kier alpha value is -9.76. The Morgan fingerprint density at radius 1 is 0.259 bits per heavy atom. The number of para-hydroxylation sites is 1. The Morgan fingerprint density at radius 2 is 0.704 bits per heavy atom. The zero-order valence-corrected chi connectivity index (χ0v) is 45.8. The van der Waals surface area contributed by atoms with Gasteiger partial charge in [0.15, 0.2) is 0 Å². The summed E-state index contributed by atoms with van der Waals surface area (Å²) in [5, 5.41) is 2.48. The largest absolute Gasteiger partial charge is 0.310 e. The van der Waals surface area contributed by atoms with Crippen LogP contribution in [0.2, 0.25) is 0 Å². The normalized spacial score (nSPS) is 14.9. The van der Waals surface area contributed by atoms with Crippen LogP contribution in [0, 0.1) is 0 Å². The van der Waals surface area contributed by atoms with Crippen molar-refractivity contribution in [1.29, 1.82) is 0 Å². The van der Waals surface area contributed by atoms with Gasteiger partial charge in [-0.2, -0.15) is 0 Å². The van der Waals surface area contributed by atoms with Gasteiger partial charge in [0.05, 0.1) is 33.5 Å². The van der Waals surface area contributed by atoms with Gasteiger partial charge >= 0.3 is 0 Å². The maximum atomic E-state index is 2.56. The molecule has 0 fully saturated rings. The molecular formula is C79H56N2. The van der Waals surface area contributed by atoms with Crippen molar-refractivity contribution in [3.8, 4) is 72.4 Å². The van der Waals surface area contributed by atoms with E-state index in [0.29, 0.717) is 0 Å². The zero-order valence-electron chi connectivity index (χ0n) is 45.8. The molecule has 0 radical (unpaired) electrons. The van der Waals surface area contributed by atoms with Gasteiger partial charge in [0.25, 0.3) is 0 Å². The molecule has 0 amide bonds. The van der Waals surface area contributed by atoms with Gasteiger partial charge in [-0.3, -0.25) is 0 Å². The van der Waals surface area contributed by atoms with Crippen molar-refractivity contribution in [3.63, 3.8) is 0 Å². The summed E-state index contributed by atoms with van der Waals surface area (Å²) in [6, 6.07) is 101. The van der Waals surface area contributed by atoms with E-state index in [1.54, 1.807) is 0 Å². The molecule has 12 aromatic carbocycles. The lowest BCUT2D eigenvalue weighted by Gasteiger charge is -2.42. The van der Waals surface area contributed by atoms with Gasteiger partial charge in [-0.05, 0) is 172 Å². The lowest BCUT2D eigenvalue weighted by atomic mass is 9.70. The Labute approximate surface area is 473 Å². The maximum Gasteiger partial charge on any atom is 0.0726 e. The summed E-state index contributed by atoms with van der Waals surface area (Å²) in [5.74, 6) is 0. The summed E-state index contributed by atoms with van der Waals surface area (Å²) >= 11 is 0. The van der Waals surface area contributed by atoms with Gasteiger partial charge in [0.2, 0.25) is 0 Å². The third kappa shape index (κ3) is 6.22. The van der Waals surface area contributed by atoms with Gasteiger partial charge in [0, 0.05) is 32.9 Å². The van der Waals surface area contributed by atoms with Gasteiger partial charge < -0.3 is 9.47 Å². The van der Waals surface area contributed by atoms with Crippen molar-refractivity contribution >= 4 is 38.9 Å². The summed E-state index contributed by atoms with van der Waals surface area (Å²) in [6.45, 7) is 9.59. The smallest absolute Gasteiger partial charge is 0.0726 e. The summed E-state index contributed by atoms with van der Waals surface area (Å²) in [7, 11) is 0. The van der Waals surface area contributed by atoms with E-state index in [1.807, 2.05) is 0 Å². The van der Waals surface area contributed by atoms with Crippen molar-refractivity contribution in [2.45, 2.75) is 43.9 Å². The predicted octanol–water partition coefficient (Wildman–Crippen LogP) is 20.5. The van der Waals surface area contributed by atoms with Crippen LogP contribution in [0.1, 0.15) is 72.2 Å². The molecule has 1 aliphatic heterocycles. The van der Waals surface area contributed by atoms with Crippen LogP contribution in [0.15, 0.2) is 267 Å². The molecule has 0 saturated heterocycles. The highest BCUT2D eigenvalue weighted by Crippen LogP contribution is 2.65. The molecule has 0 bridgehead atoms. The van der Waals surface area contributed by atoms with Crippen molar-refractivity contribution in [3.05, 3.63) is 311 Å². The molecule has 382 valence electrons. The van der Waals surface area contributed by atoms with Crippen LogP contribution in [0.25, 0.3) is 94.3 Å². The topological polar surface area (TPSA) is 8.17 Å². The first kappa shape index (κ1) is 46.2. The Morgan fingerprint density at radius 3 is 1.35 bits per heavy atom. The van der Waals surface area contributed by atoms with E-state index < -0.39 is 5.41 Å². The Balaban J connectivity index is 0.881. The van der Waals surface area contributed by atoms with Crippen LogP contribution < -0.4 is 4.90 Å². The van der Waals surface area contributed by atoms with Gasteiger partial charge in [0.1, 0.15) is 0 Å². The quantitative estimate of drug-likeness (QED) is 0.167. The van der Waals surface area contributed by atoms with Gasteiger partial charge in [-0.1, -0.05) is 228 Å². The fourth-order valence-electron chi connectivity index (χ4n) is 15.4. The number of nitrogens with zero attached hydrogens (tertiary/aromatic N) is 2. The van der Waals surface area contributed by atoms with Crippen LogP contribution in [-0.4, -0.2) is 4.57 Å². The molecule has 0 N–H and O–H groups in total. The van der Waals surface area contributed by atoms with E-state index in [1.165, 1.54) is 156 Å². The van der Waals surface area contributed by atoms with E-state index in [2.05, 4.69) is 304 Å². The summed E-state index contributed by atoms with van der Waals surface area (Å²) in [4.78, 5) is 2.53. The number of benzene rings is 12. The minimum absolute atomic E-state index is 0.114. The predicted molar refractivity (Wildman–Crippen MR) is 338 cm³/mol. The molecule has 0 atom stereocenters. The second-order valence-electron chi connectivity index (χ2n) is 23.9. The first-order chi connectivity index (χ1) is 39.7. The fourth-order valence-corrected chi connectivity index (χ4v) is 15.4. The third-order valence-corrected chi connectivity index (χ3v) is 19.2. The number of anilines is 3. The van der Waals surface area contributed by atoms with Gasteiger partial charge in [-0.15, -0.1) is 0 Å². The molecule has 81 heavy (non-hydrogen) atoms. The standard InChI is InChI=1S/C79H56N2/c1-77(2)63-27-14-11-24-56(63)59-40-38-55(48-68(59)77)80-73-32-18-17-30-66(73)78(3,4)70-47-54(37-43-74(70)80)53-34-39-60-69(46-53)79(64-28-15-12-25-57(64)58-26-13-16-29-65(58)79)67-31-19-33-75(76(60)67)81-71-41-35-51(49-20-7-5-8-21-49)44-61(71)62-45-52(36-42-72(62)81)50-22-9-6-10-23-50/h5-48H,1-4H3. The lowest BCUT2D eigenvalue weighted by Crippen LogP contribution is -2.30. The highest BCUT2D eigenvalue weighted by Gasteiger charge is 2.52. The number of aromatic nitrogens is 1. The Bertz CT molecular complexity index is 4680. The third-order valence-electron chi connectivity index (χ3n) is 19.2. The monoisotopic (exact) mass is 1030 g/mol. The first-order valence-corrected chi connectivity index (χ1v) is 28.7. The van der Waals surface area contributed by atoms with Crippen LogP contribution in [-0.2, 0) is 16.2 Å². The molecule has 17 rings (SSSR count). The van der Waals surface area contributed by atoms with Crippen molar-refractivity contribution < 1.29 is 0 Å². The molecule has 0 saturated carbocycles. The minimum atomic E-state index is -0.562. The molecule has 0 unspecified atom stereocenters. The Kier molecular flexibility index (Phi) is 9.49. The molecule has 3 aliphatic carbocycles. The second kappa shape index (κ2) is 16.6. The van der Waals surface area contributed by atoms with Crippen molar-refractivity contribution in [1.82, 2.24) is 4.57 Å². The molecule has 2 heteroatoms. The van der Waals surface area contributed by atoms with E-state index in [-0.39, 0.29) is 10.8 Å². The van der Waals surface area contributed by atoms with Crippen LogP contribution in [0.4, 0.5) is 17.1 Å². The van der Waals surface area contributed by atoms with Gasteiger partial charge in [-0.25, -0.2) is 0 Å². The number of fused-ring (bicyclic) bond motifs is 18. The average Bonchev–Trinajstić information content (AvgIpc) is 2.69. The molecule has 1 aromatic heterocycles. The maximum absolute atomic E-state index is 2.56. The number of hydrogen-bond donors (Lipinski definition) is 0.